The number of carbonyl (C=O) groups is 1. The minimum absolute atomic E-state index is 0.00706. The molecule has 95 heavy (non-hydrogen) atoms. The molecule has 0 aromatic carbocycles. The van der Waals surface area contributed by atoms with Crippen molar-refractivity contribution in [1.82, 2.24) is 0 Å². The van der Waals surface area contributed by atoms with Crippen LogP contribution in [0.3, 0.4) is 0 Å². The van der Waals surface area contributed by atoms with Gasteiger partial charge in [-0.2, -0.15) is 8.42 Å². The van der Waals surface area contributed by atoms with Gasteiger partial charge in [0.25, 0.3) is 0 Å². The normalized spacial score (nSPS) is 52.0. The summed E-state index contributed by atoms with van der Waals surface area (Å²) in [5.41, 5.74) is -1.36. The number of hydrogen-bond donors (Lipinski definition) is 16. The van der Waals surface area contributed by atoms with Gasteiger partial charge in [-0.1, -0.05) is 39.3 Å². The quantitative estimate of drug-likeness (QED) is 0.0410. The van der Waals surface area contributed by atoms with Crippen LogP contribution in [0.15, 0.2) is 11.6 Å². The maximum atomic E-state index is 13.3. The van der Waals surface area contributed by atoms with Gasteiger partial charge in [-0.05, 0) is 120 Å². The van der Waals surface area contributed by atoms with Gasteiger partial charge < -0.3 is 133 Å². The maximum absolute atomic E-state index is 13.3. The molecule has 4 aliphatic carbocycles. The molecule has 0 radical (unpaired) electrons. The van der Waals surface area contributed by atoms with E-state index in [1.54, 1.807) is 6.92 Å². The van der Waals surface area contributed by atoms with Crippen molar-refractivity contribution in [3.8, 4) is 0 Å². The Morgan fingerprint density at radius 3 is 1.69 bits per heavy atom. The summed E-state index contributed by atoms with van der Waals surface area (Å²) in [5.74, 6) is -0.942. The molecule has 9 fully saturated rings. The highest BCUT2D eigenvalue weighted by atomic mass is 32.3. The second-order valence-corrected chi connectivity index (χ2v) is 30.5. The van der Waals surface area contributed by atoms with Crippen LogP contribution in [0, 0.1) is 40.4 Å². The molecule has 6 heterocycles. The van der Waals surface area contributed by atoms with Gasteiger partial charge in [0.05, 0.1) is 55.4 Å². The third-order valence-electron chi connectivity index (χ3n) is 22.3. The van der Waals surface area contributed by atoms with E-state index in [4.69, 9.17) is 61.0 Å². The van der Waals surface area contributed by atoms with Crippen molar-refractivity contribution in [3.05, 3.63) is 11.6 Å². The van der Waals surface area contributed by atoms with Gasteiger partial charge in [-0.25, -0.2) is 4.18 Å². The van der Waals surface area contributed by atoms with Crippen molar-refractivity contribution in [2.45, 2.75) is 316 Å². The molecule has 10 rings (SSSR count). The van der Waals surface area contributed by atoms with Crippen molar-refractivity contribution in [2.75, 3.05) is 13.2 Å². The van der Waals surface area contributed by atoms with E-state index < -0.39 is 236 Å². The molecule has 0 amide bonds. The zero-order valence-corrected chi connectivity index (χ0v) is 55.6. The third-order valence-corrected chi connectivity index (χ3v) is 22.9. The van der Waals surface area contributed by atoms with Crippen LogP contribution in [-0.2, 0) is 76.2 Å². The molecule has 32 nitrogen and oxygen atoms in total. The van der Waals surface area contributed by atoms with Crippen LogP contribution >= 0.6 is 0 Å². The minimum atomic E-state index is -4.92. The number of ketones is 1. The Morgan fingerprint density at radius 1 is 0.589 bits per heavy atom. The maximum Gasteiger partial charge on any atom is 0.397 e. The van der Waals surface area contributed by atoms with Gasteiger partial charge in [0.15, 0.2) is 37.7 Å². The summed E-state index contributed by atoms with van der Waals surface area (Å²) in [6.07, 6.45) is -47.6. The molecule has 6 saturated heterocycles. The predicted octanol–water partition coefficient (Wildman–Crippen LogP) is -3.82. The zero-order chi connectivity index (χ0) is 69.6. The molecule has 0 bridgehead atoms. The molecule has 6 aliphatic heterocycles. The van der Waals surface area contributed by atoms with E-state index in [-0.39, 0.29) is 48.7 Å². The predicted molar refractivity (Wildman–Crippen MR) is 317 cm³/mol. The van der Waals surface area contributed by atoms with Crippen LogP contribution in [0.2, 0.25) is 0 Å². The lowest BCUT2D eigenvalue weighted by molar-refractivity contribution is -0.411. The Bertz CT molecular complexity index is 2730. The van der Waals surface area contributed by atoms with Gasteiger partial charge in [0.1, 0.15) is 122 Å². The van der Waals surface area contributed by atoms with Crippen molar-refractivity contribution >= 4 is 16.2 Å². The minimum Gasteiger partial charge on any atom is -0.394 e. The number of aliphatic hydroxyl groups excluding tert-OH is 14. The number of hydrogen-bond acceptors (Lipinski definition) is 31. The molecule has 16 N–H and O–H groups in total. The fraction of sp³-hybridized carbons (Fsp3) is 0.952. The monoisotopic (exact) mass is 1390 g/mol. The molecule has 0 aromatic rings. The first kappa shape index (κ1) is 75.9. The van der Waals surface area contributed by atoms with Gasteiger partial charge in [0.2, 0.25) is 0 Å². The van der Waals surface area contributed by atoms with Gasteiger partial charge in [0, 0.05) is 12.8 Å². The fourth-order valence-electron chi connectivity index (χ4n) is 17.3. The van der Waals surface area contributed by atoms with Crippen LogP contribution < -0.4 is 0 Å². The van der Waals surface area contributed by atoms with Crippen molar-refractivity contribution in [3.63, 3.8) is 0 Å². The number of rotatable bonds is 20. The highest BCUT2D eigenvalue weighted by molar-refractivity contribution is 7.80. The Balaban J connectivity index is 0.933. The van der Waals surface area contributed by atoms with Crippen LogP contribution in [0.1, 0.15) is 120 Å². The molecule has 20 unspecified atom stereocenters. The lowest BCUT2D eigenvalue weighted by atomic mass is 9.47. The summed E-state index contributed by atoms with van der Waals surface area (Å²) in [7, 11) is -4.92. The first-order chi connectivity index (χ1) is 44.4. The SMILES string of the molecule is CC(C)CC(=O)C[C@](C)(O)C1CCC2C3C[C@H](O[C@@H]4OC(C)[C@@H](O)C(O[C@@H]5OC(C)[C@@H](O[C@@H]6OC(CO)[C@@H](O[C@@H]7OC(C)[C@H](O)C(O)C7O)C(O)C6O[C@@H]6OC[C@@H](O)C(O)C6O)C(O)C5O[C@@H]5OC(C)[C@@H](O)C(O)C5O)C4O)[C@H]4C[C@@H](OS(=O)(=O)O)CC[C@]4(C)C3=CC[C@@]21C. The number of Topliss-reactive ketones (excluding diaryl/α,β-unsaturated/α-hetero) is 1. The Kier molecular flexibility index (Phi) is 23.6. The van der Waals surface area contributed by atoms with E-state index in [1.807, 2.05) is 13.8 Å². The second kappa shape index (κ2) is 29.5. The van der Waals surface area contributed by atoms with E-state index in [0.29, 0.717) is 38.5 Å². The number of fused-ring (bicyclic) bond motifs is 5. The average molecular weight is 1390 g/mol. The Labute approximate surface area is 551 Å². The molecule has 0 aromatic heterocycles. The van der Waals surface area contributed by atoms with Crippen molar-refractivity contribution in [2.24, 2.45) is 40.4 Å². The number of allylic oxidation sites excluding steroid dienone is 2. The van der Waals surface area contributed by atoms with Crippen LogP contribution in [0.5, 0.6) is 0 Å². The topological polar surface area (TPSA) is 495 Å². The number of aliphatic hydroxyl groups is 15. The molecule has 38 atom stereocenters. The van der Waals surface area contributed by atoms with Crippen molar-refractivity contribution in [1.29, 1.82) is 0 Å². The third kappa shape index (κ3) is 15.2. The standard InChI is InChI=1S/C62H102O32S/c1-22(2)16-27(64)19-62(9,78)36-11-10-30-29-18-34(32-17-28(94-95(79,80)81)12-14-60(32,7)31(29)13-15-61(30,36)8)87-57-48(77)51(39(68)25(5)85-57)91-58-52(93-56-45(74)42(71)38(67)24(4)84-56)46(75)49(26(6)86-58)89-59-53(92-54-43(72)40(69)33(65)21-82-54)47(76)50(35(20-63)88-59)90-55-44(73)41(70)37(66)23(3)83-55/h13,22-26,28-30,32-59,63,65-78H,10-12,14-21H2,1-9H3,(H,79,80,81)/t23?,24?,25?,26?,28-,29?,30?,32+,33+,34-,35?,36?,37-,38+,39+,40?,41?,42?,43?,44?,45?,46?,47?,48?,49+,50+,51?,52?,53?,54-,55-,56-,57-,58-,59-,60+,61-,62-/m0/s1. The molecular formula is C62H102O32S. The van der Waals surface area contributed by atoms with Crippen LogP contribution in [-0.4, -0.2) is 305 Å². The first-order valence-corrected chi connectivity index (χ1v) is 34.6. The lowest BCUT2D eigenvalue weighted by Gasteiger charge is -2.60. The number of ether oxygens (including phenoxy) is 12. The molecule has 548 valence electrons. The summed E-state index contributed by atoms with van der Waals surface area (Å²) in [4.78, 5) is 13.3. The van der Waals surface area contributed by atoms with Gasteiger partial charge in [-0.15, -0.1) is 0 Å². The van der Waals surface area contributed by atoms with Crippen molar-refractivity contribution < 1.29 is 155 Å². The Hall–Kier alpha value is -1.80. The lowest BCUT2D eigenvalue weighted by Crippen LogP contribution is -2.69. The van der Waals surface area contributed by atoms with Gasteiger partial charge in [-0.3, -0.25) is 9.35 Å². The highest BCUT2D eigenvalue weighted by Gasteiger charge is 2.64. The van der Waals surface area contributed by atoms with E-state index in [1.165, 1.54) is 27.7 Å². The van der Waals surface area contributed by atoms with E-state index in [0.717, 1.165) is 5.57 Å². The van der Waals surface area contributed by atoms with E-state index in [9.17, 15) is 94.4 Å². The van der Waals surface area contributed by atoms with Crippen LogP contribution in [0.4, 0.5) is 0 Å². The highest BCUT2D eigenvalue weighted by Crippen LogP contribution is 2.67. The summed E-state index contributed by atoms with van der Waals surface area (Å²) in [5, 5.41) is 169. The van der Waals surface area contributed by atoms with E-state index in [2.05, 4.69) is 19.9 Å². The first-order valence-electron chi connectivity index (χ1n) is 33.3. The summed E-state index contributed by atoms with van der Waals surface area (Å²) < 4.78 is 113. The molecule has 0 spiro atoms. The molecule has 3 saturated carbocycles. The summed E-state index contributed by atoms with van der Waals surface area (Å²) in [6, 6.07) is 0. The van der Waals surface area contributed by atoms with Gasteiger partial charge >= 0.3 is 10.4 Å². The summed E-state index contributed by atoms with van der Waals surface area (Å²) in [6.45, 7) is 13.8. The average Bonchev–Trinajstić information content (AvgIpc) is 1.68. The van der Waals surface area contributed by atoms with E-state index >= 15 is 0 Å². The fourth-order valence-corrected chi connectivity index (χ4v) is 17.8. The zero-order valence-electron chi connectivity index (χ0n) is 54.7. The second-order valence-electron chi connectivity index (χ2n) is 29.5. The molecule has 33 heteroatoms. The summed E-state index contributed by atoms with van der Waals surface area (Å²) >= 11 is 0. The molecular weight excluding hydrogens is 1290 g/mol. The van der Waals surface area contributed by atoms with Crippen LogP contribution in [0.25, 0.3) is 0 Å². The largest absolute Gasteiger partial charge is 0.397 e. The molecule has 10 aliphatic rings. The smallest absolute Gasteiger partial charge is 0.394 e. The Morgan fingerprint density at radius 2 is 1.11 bits per heavy atom. The number of carbonyl (C=O) groups excluding carboxylic acids is 1.